The Balaban J connectivity index is 1.63. The molecule has 0 spiro atoms. The number of carbonyl (C=O) groups is 1. The number of amides is 2. The first-order valence-corrected chi connectivity index (χ1v) is 7.74. The van der Waals surface area contributed by atoms with Gasteiger partial charge in [-0.25, -0.2) is 4.79 Å². The fraction of sp³-hybridized carbons (Fsp3) is 0.0500. The van der Waals surface area contributed by atoms with Gasteiger partial charge in [-0.05, 0) is 48.5 Å². The molecule has 24 heavy (non-hydrogen) atoms. The number of hydrogen-bond acceptors (Lipinski definition) is 2. The molecule has 3 rings (SSSR count). The zero-order valence-electron chi connectivity index (χ0n) is 13.4. The van der Waals surface area contributed by atoms with Crippen LogP contribution in [0.1, 0.15) is 0 Å². The van der Waals surface area contributed by atoms with Crippen LogP contribution in [0.15, 0.2) is 84.9 Å². The van der Waals surface area contributed by atoms with Crippen molar-refractivity contribution in [2.75, 3.05) is 22.6 Å². The third-order valence-electron chi connectivity index (χ3n) is 3.69. The van der Waals surface area contributed by atoms with Crippen molar-refractivity contribution in [3.05, 3.63) is 84.9 Å². The van der Waals surface area contributed by atoms with E-state index in [0.29, 0.717) is 0 Å². The lowest BCUT2D eigenvalue weighted by molar-refractivity contribution is 0.262. The summed E-state index contributed by atoms with van der Waals surface area (Å²) >= 11 is 0. The van der Waals surface area contributed by atoms with Gasteiger partial charge in [-0.3, -0.25) is 0 Å². The molecule has 3 aromatic carbocycles. The predicted octanol–water partition coefficient (Wildman–Crippen LogP) is 5.10. The molecule has 0 saturated heterocycles. The highest BCUT2D eigenvalue weighted by molar-refractivity contribution is 5.99. The Kier molecular flexibility index (Phi) is 4.77. The number of carbonyl (C=O) groups excluding carboxylic acids is 1. The maximum Gasteiger partial charge on any atom is 0.323 e. The normalized spacial score (nSPS) is 10.0. The Morgan fingerprint density at radius 2 is 1.12 bits per heavy atom. The van der Waals surface area contributed by atoms with Crippen LogP contribution >= 0.6 is 0 Å². The molecule has 2 amide bonds. The van der Waals surface area contributed by atoms with Crippen molar-refractivity contribution < 1.29 is 4.79 Å². The minimum atomic E-state index is -0.259. The molecule has 3 aromatic rings. The third-order valence-corrected chi connectivity index (χ3v) is 3.69. The van der Waals surface area contributed by atoms with Gasteiger partial charge in [0.25, 0.3) is 0 Å². The fourth-order valence-corrected chi connectivity index (χ4v) is 2.38. The second-order valence-electron chi connectivity index (χ2n) is 5.39. The Bertz CT molecular complexity index is 786. The summed E-state index contributed by atoms with van der Waals surface area (Å²) in [4.78, 5) is 14.1. The van der Waals surface area contributed by atoms with Gasteiger partial charge in [0.1, 0.15) is 0 Å². The highest BCUT2D eigenvalue weighted by Crippen LogP contribution is 2.24. The summed E-state index contributed by atoms with van der Waals surface area (Å²) in [5, 5.41) is 5.62. The topological polar surface area (TPSA) is 44.4 Å². The summed E-state index contributed by atoms with van der Waals surface area (Å²) in [7, 11) is 2.01. The molecule has 0 aliphatic carbocycles. The quantitative estimate of drug-likeness (QED) is 0.703. The molecule has 4 nitrogen and oxygen atoms in total. The zero-order valence-corrected chi connectivity index (χ0v) is 13.4. The molecular formula is C20H19N3O. The largest absolute Gasteiger partial charge is 0.345 e. The minimum absolute atomic E-state index is 0.259. The van der Waals surface area contributed by atoms with Crippen molar-refractivity contribution in [1.29, 1.82) is 0 Å². The molecule has 2 N–H and O–H groups in total. The van der Waals surface area contributed by atoms with E-state index < -0.39 is 0 Å². The molecule has 0 radical (unpaired) electrons. The van der Waals surface area contributed by atoms with Crippen LogP contribution in [0.5, 0.6) is 0 Å². The van der Waals surface area contributed by atoms with Gasteiger partial charge in [0, 0.05) is 29.8 Å². The molecule has 0 unspecified atom stereocenters. The summed E-state index contributed by atoms with van der Waals surface area (Å²) in [6.45, 7) is 0. The van der Waals surface area contributed by atoms with Gasteiger partial charge >= 0.3 is 6.03 Å². The highest BCUT2D eigenvalue weighted by Gasteiger charge is 2.05. The van der Waals surface area contributed by atoms with Crippen LogP contribution in [-0.4, -0.2) is 13.1 Å². The second kappa shape index (κ2) is 7.33. The lowest BCUT2D eigenvalue weighted by Crippen LogP contribution is -2.19. The Hall–Kier alpha value is -3.27. The van der Waals surface area contributed by atoms with Crippen LogP contribution in [0.25, 0.3) is 0 Å². The summed E-state index contributed by atoms with van der Waals surface area (Å²) in [6.07, 6.45) is 0. The minimum Gasteiger partial charge on any atom is -0.345 e. The number of nitrogens with one attached hydrogen (secondary N) is 2. The Morgan fingerprint density at radius 1 is 0.667 bits per heavy atom. The number of urea groups is 1. The summed E-state index contributed by atoms with van der Waals surface area (Å²) in [6, 6.07) is 27.0. The smallest absolute Gasteiger partial charge is 0.323 e. The average molecular weight is 317 g/mol. The van der Waals surface area contributed by atoms with E-state index in [1.807, 2.05) is 79.8 Å². The van der Waals surface area contributed by atoms with Crippen molar-refractivity contribution >= 4 is 28.8 Å². The Morgan fingerprint density at radius 3 is 1.71 bits per heavy atom. The molecule has 0 bridgehead atoms. The van der Waals surface area contributed by atoms with E-state index in [4.69, 9.17) is 0 Å². The summed E-state index contributed by atoms with van der Waals surface area (Å²) in [5.74, 6) is 0. The maximum absolute atomic E-state index is 12.0. The second-order valence-corrected chi connectivity index (χ2v) is 5.39. The van der Waals surface area contributed by atoms with E-state index in [9.17, 15) is 4.79 Å². The number of para-hydroxylation sites is 2. The first-order chi connectivity index (χ1) is 11.7. The van der Waals surface area contributed by atoms with E-state index in [2.05, 4.69) is 27.7 Å². The molecule has 0 aliphatic heterocycles. The van der Waals surface area contributed by atoms with E-state index in [-0.39, 0.29) is 6.03 Å². The van der Waals surface area contributed by atoms with Crippen molar-refractivity contribution in [3.63, 3.8) is 0 Å². The number of nitrogens with zero attached hydrogens (tertiary/aromatic N) is 1. The predicted molar refractivity (Wildman–Crippen MR) is 100 cm³/mol. The summed E-state index contributed by atoms with van der Waals surface area (Å²) in [5.41, 5.74) is 3.67. The molecule has 4 heteroatoms. The van der Waals surface area contributed by atoms with Gasteiger partial charge in [0.15, 0.2) is 0 Å². The molecule has 0 aromatic heterocycles. The highest BCUT2D eigenvalue weighted by atomic mass is 16.2. The van der Waals surface area contributed by atoms with Gasteiger partial charge < -0.3 is 15.5 Å². The fourth-order valence-electron chi connectivity index (χ4n) is 2.38. The van der Waals surface area contributed by atoms with Gasteiger partial charge in [-0.2, -0.15) is 0 Å². The molecule has 0 fully saturated rings. The number of rotatable bonds is 4. The SMILES string of the molecule is CN(c1ccccc1)c1ccc(NC(=O)Nc2ccccc2)cc1. The molecule has 0 atom stereocenters. The van der Waals surface area contributed by atoms with Crippen molar-refractivity contribution in [3.8, 4) is 0 Å². The number of hydrogen-bond donors (Lipinski definition) is 2. The van der Waals surface area contributed by atoms with Crippen LogP contribution in [0, 0.1) is 0 Å². The van der Waals surface area contributed by atoms with Gasteiger partial charge in [-0.15, -0.1) is 0 Å². The van der Waals surface area contributed by atoms with Crippen LogP contribution in [0.2, 0.25) is 0 Å². The standard InChI is InChI=1S/C20H19N3O/c1-23(18-10-6-3-7-11-18)19-14-12-17(13-15-19)22-20(24)21-16-8-4-2-5-9-16/h2-15H,1H3,(H2,21,22,24). The van der Waals surface area contributed by atoms with Crippen LogP contribution in [0.4, 0.5) is 27.5 Å². The lowest BCUT2D eigenvalue weighted by atomic mass is 10.2. The first kappa shape index (κ1) is 15.6. The van der Waals surface area contributed by atoms with E-state index in [1.165, 1.54) is 0 Å². The van der Waals surface area contributed by atoms with Crippen LogP contribution < -0.4 is 15.5 Å². The maximum atomic E-state index is 12.0. The lowest BCUT2D eigenvalue weighted by Gasteiger charge is -2.19. The van der Waals surface area contributed by atoms with Crippen molar-refractivity contribution in [2.24, 2.45) is 0 Å². The molecule has 120 valence electrons. The van der Waals surface area contributed by atoms with E-state index >= 15 is 0 Å². The van der Waals surface area contributed by atoms with Crippen molar-refractivity contribution in [1.82, 2.24) is 0 Å². The van der Waals surface area contributed by atoms with E-state index in [0.717, 1.165) is 22.7 Å². The van der Waals surface area contributed by atoms with E-state index in [1.54, 1.807) is 0 Å². The molecular weight excluding hydrogens is 298 g/mol. The van der Waals surface area contributed by atoms with Gasteiger partial charge in [0.2, 0.25) is 0 Å². The van der Waals surface area contributed by atoms with Gasteiger partial charge in [0.05, 0.1) is 0 Å². The molecule has 0 saturated carbocycles. The monoisotopic (exact) mass is 317 g/mol. The number of benzene rings is 3. The molecule has 0 heterocycles. The van der Waals surface area contributed by atoms with Crippen molar-refractivity contribution in [2.45, 2.75) is 0 Å². The van der Waals surface area contributed by atoms with Gasteiger partial charge in [-0.1, -0.05) is 36.4 Å². The molecule has 0 aliphatic rings. The van der Waals surface area contributed by atoms with Crippen LogP contribution in [-0.2, 0) is 0 Å². The Labute approximate surface area is 141 Å². The first-order valence-electron chi connectivity index (χ1n) is 7.74. The summed E-state index contributed by atoms with van der Waals surface area (Å²) < 4.78 is 0. The zero-order chi connectivity index (χ0) is 16.8. The number of anilines is 4. The third kappa shape index (κ3) is 3.93. The average Bonchev–Trinajstić information content (AvgIpc) is 2.63. The van der Waals surface area contributed by atoms with Crippen LogP contribution in [0.3, 0.4) is 0 Å².